The predicted octanol–water partition coefficient (Wildman–Crippen LogP) is 0.903. The van der Waals surface area contributed by atoms with E-state index in [0.717, 1.165) is 0 Å². The van der Waals surface area contributed by atoms with Crippen LogP contribution >= 0.6 is 12.4 Å². The van der Waals surface area contributed by atoms with Gasteiger partial charge in [-0.25, -0.2) is 17.5 Å². The van der Waals surface area contributed by atoms with E-state index in [1.807, 2.05) is 0 Å². The standard InChI is InChI=1S/C12H19FN2O3S.ClH/c1-18-8-7-14-5-6-15-19(16,17)10-11-3-2-4-12(13)9-11;/h2-4,9,14-15H,5-8,10H2,1H3;1H. The highest BCUT2D eigenvalue weighted by atomic mass is 35.5. The molecule has 2 N–H and O–H groups in total. The topological polar surface area (TPSA) is 67.4 Å². The number of sulfonamides is 1. The number of rotatable bonds is 9. The third-order valence-corrected chi connectivity index (χ3v) is 3.71. The van der Waals surface area contributed by atoms with Crippen molar-refractivity contribution in [1.82, 2.24) is 10.0 Å². The van der Waals surface area contributed by atoms with Gasteiger partial charge in [0.25, 0.3) is 0 Å². The van der Waals surface area contributed by atoms with Crippen molar-refractivity contribution < 1.29 is 17.5 Å². The molecule has 0 aliphatic carbocycles. The zero-order valence-electron chi connectivity index (χ0n) is 11.3. The molecule has 0 atom stereocenters. The maximum absolute atomic E-state index is 12.9. The Morgan fingerprint density at radius 2 is 2.00 bits per heavy atom. The molecular weight excluding hydrogens is 307 g/mol. The van der Waals surface area contributed by atoms with Crippen molar-refractivity contribution in [2.24, 2.45) is 0 Å². The lowest BCUT2D eigenvalue weighted by atomic mass is 10.2. The largest absolute Gasteiger partial charge is 0.383 e. The van der Waals surface area contributed by atoms with Gasteiger partial charge < -0.3 is 10.1 Å². The molecule has 1 aromatic carbocycles. The zero-order valence-corrected chi connectivity index (χ0v) is 12.9. The first-order valence-electron chi connectivity index (χ1n) is 5.95. The molecule has 0 aromatic heterocycles. The molecule has 0 saturated carbocycles. The maximum Gasteiger partial charge on any atom is 0.215 e. The van der Waals surface area contributed by atoms with Crippen molar-refractivity contribution in [3.63, 3.8) is 0 Å². The van der Waals surface area contributed by atoms with E-state index < -0.39 is 15.8 Å². The van der Waals surface area contributed by atoms with Crippen molar-refractivity contribution in [3.8, 4) is 0 Å². The Kier molecular flexibility index (Phi) is 9.70. The predicted molar refractivity (Wildman–Crippen MR) is 79.0 cm³/mol. The van der Waals surface area contributed by atoms with Gasteiger partial charge in [0.2, 0.25) is 10.0 Å². The van der Waals surface area contributed by atoms with Gasteiger partial charge in [0.15, 0.2) is 0 Å². The third-order valence-electron chi connectivity index (χ3n) is 2.35. The lowest BCUT2D eigenvalue weighted by Crippen LogP contribution is -2.33. The van der Waals surface area contributed by atoms with Crippen molar-refractivity contribution in [3.05, 3.63) is 35.6 Å². The Labute approximate surface area is 125 Å². The molecule has 8 heteroatoms. The highest BCUT2D eigenvalue weighted by molar-refractivity contribution is 7.88. The van der Waals surface area contributed by atoms with E-state index in [1.54, 1.807) is 13.2 Å². The normalized spacial score (nSPS) is 11.1. The fourth-order valence-corrected chi connectivity index (χ4v) is 2.62. The number of benzene rings is 1. The minimum Gasteiger partial charge on any atom is -0.383 e. The molecule has 0 unspecified atom stereocenters. The van der Waals surface area contributed by atoms with Crippen LogP contribution in [0.25, 0.3) is 0 Å². The smallest absolute Gasteiger partial charge is 0.215 e. The summed E-state index contributed by atoms with van der Waals surface area (Å²) in [5.41, 5.74) is 0.430. The minimum atomic E-state index is -3.43. The summed E-state index contributed by atoms with van der Waals surface area (Å²) in [4.78, 5) is 0. The molecule has 0 radical (unpaired) electrons. The molecule has 0 aliphatic rings. The fraction of sp³-hybridized carbons (Fsp3) is 0.500. The Hall–Kier alpha value is -0.730. The number of methoxy groups -OCH3 is 1. The van der Waals surface area contributed by atoms with Crippen LogP contribution in [-0.2, 0) is 20.5 Å². The maximum atomic E-state index is 12.9. The van der Waals surface area contributed by atoms with Crippen molar-refractivity contribution in [1.29, 1.82) is 0 Å². The van der Waals surface area contributed by atoms with Crippen molar-refractivity contribution in [2.75, 3.05) is 33.4 Å². The molecule has 5 nitrogen and oxygen atoms in total. The fourth-order valence-electron chi connectivity index (χ4n) is 1.49. The molecular formula is C12H20ClFN2O3S. The van der Waals surface area contributed by atoms with Crippen LogP contribution in [-0.4, -0.2) is 41.8 Å². The molecule has 0 bridgehead atoms. The highest BCUT2D eigenvalue weighted by Gasteiger charge is 2.10. The van der Waals surface area contributed by atoms with E-state index in [1.165, 1.54) is 18.2 Å². The van der Waals surface area contributed by atoms with Crippen LogP contribution in [0.15, 0.2) is 24.3 Å². The number of halogens is 2. The number of ether oxygens (including phenoxy) is 1. The Bertz CT molecular complexity index is 485. The second kappa shape index (κ2) is 10.1. The summed E-state index contributed by atoms with van der Waals surface area (Å²) in [6.07, 6.45) is 0. The molecule has 116 valence electrons. The summed E-state index contributed by atoms with van der Waals surface area (Å²) in [6.45, 7) is 2.06. The van der Waals surface area contributed by atoms with Gasteiger partial charge in [-0.3, -0.25) is 0 Å². The van der Waals surface area contributed by atoms with Gasteiger partial charge in [-0.2, -0.15) is 0 Å². The summed E-state index contributed by atoms with van der Waals surface area (Å²) in [6, 6.07) is 5.57. The molecule has 0 spiro atoms. The Morgan fingerprint density at radius 3 is 2.65 bits per heavy atom. The summed E-state index contributed by atoms with van der Waals surface area (Å²) in [5, 5.41) is 3.02. The van der Waals surface area contributed by atoms with E-state index in [2.05, 4.69) is 10.0 Å². The first kappa shape index (κ1) is 19.3. The first-order valence-corrected chi connectivity index (χ1v) is 7.60. The first-order chi connectivity index (χ1) is 9.03. The van der Waals surface area contributed by atoms with E-state index >= 15 is 0 Å². The monoisotopic (exact) mass is 326 g/mol. The summed E-state index contributed by atoms with van der Waals surface area (Å²) >= 11 is 0. The molecule has 1 rings (SSSR count). The minimum absolute atomic E-state index is 0. The lowest BCUT2D eigenvalue weighted by Gasteiger charge is -2.08. The molecule has 20 heavy (non-hydrogen) atoms. The van der Waals surface area contributed by atoms with Gasteiger partial charge in [0.05, 0.1) is 12.4 Å². The van der Waals surface area contributed by atoms with Crippen LogP contribution in [0.1, 0.15) is 5.56 Å². The number of nitrogens with one attached hydrogen (secondary N) is 2. The molecule has 0 saturated heterocycles. The zero-order chi connectivity index (χ0) is 14.1. The van der Waals surface area contributed by atoms with Crippen LogP contribution in [0.2, 0.25) is 0 Å². The highest BCUT2D eigenvalue weighted by Crippen LogP contribution is 2.06. The summed E-state index contributed by atoms with van der Waals surface area (Å²) < 4.78 is 43.7. The van der Waals surface area contributed by atoms with E-state index in [-0.39, 0.29) is 18.2 Å². The Balaban J connectivity index is 0.00000361. The quantitative estimate of drug-likeness (QED) is 0.662. The molecule has 0 fully saturated rings. The van der Waals surface area contributed by atoms with Crippen LogP contribution in [0, 0.1) is 5.82 Å². The van der Waals surface area contributed by atoms with E-state index in [0.29, 0.717) is 31.8 Å². The molecule has 1 aromatic rings. The van der Waals surface area contributed by atoms with Gasteiger partial charge in [0.1, 0.15) is 5.82 Å². The van der Waals surface area contributed by atoms with Crippen molar-refractivity contribution in [2.45, 2.75) is 5.75 Å². The van der Waals surface area contributed by atoms with Crippen LogP contribution in [0.4, 0.5) is 4.39 Å². The van der Waals surface area contributed by atoms with Crippen LogP contribution in [0.5, 0.6) is 0 Å². The van der Waals surface area contributed by atoms with Crippen LogP contribution in [0.3, 0.4) is 0 Å². The molecule has 0 aliphatic heterocycles. The average Bonchev–Trinajstić information content (AvgIpc) is 2.33. The summed E-state index contributed by atoms with van der Waals surface area (Å²) in [7, 11) is -1.83. The SMILES string of the molecule is COCCNCCNS(=O)(=O)Cc1cccc(F)c1.Cl. The number of hydrogen-bond acceptors (Lipinski definition) is 4. The van der Waals surface area contributed by atoms with E-state index in [4.69, 9.17) is 4.74 Å². The summed E-state index contributed by atoms with van der Waals surface area (Å²) in [5.74, 6) is -0.656. The van der Waals surface area contributed by atoms with Crippen molar-refractivity contribution >= 4 is 22.4 Å². The molecule has 0 heterocycles. The Morgan fingerprint density at radius 1 is 1.25 bits per heavy atom. The van der Waals surface area contributed by atoms with Gasteiger partial charge >= 0.3 is 0 Å². The third kappa shape index (κ3) is 8.44. The second-order valence-electron chi connectivity index (χ2n) is 4.03. The number of hydrogen-bond donors (Lipinski definition) is 2. The molecule has 0 amide bonds. The van der Waals surface area contributed by atoms with Gasteiger partial charge in [-0.1, -0.05) is 12.1 Å². The second-order valence-corrected chi connectivity index (χ2v) is 5.83. The van der Waals surface area contributed by atoms with Crippen LogP contribution < -0.4 is 10.0 Å². The van der Waals surface area contributed by atoms with Gasteiger partial charge in [-0.15, -0.1) is 12.4 Å². The van der Waals surface area contributed by atoms with Gasteiger partial charge in [-0.05, 0) is 17.7 Å². The van der Waals surface area contributed by atoms with E-state index in [9.17, 15) is 12.8 Å². The average molecular weight is 327 g/mol. The van der Waals surface area contributed by atoms with Gasteiger partial charge in [0, 0.05) is 26.7 Å². The lowest BCUT2D eigenvalue weighted by molar-refractivity contribution is 0.199.